The lowest BCUT2D eigenvalue weighted by molar-refractivity contribution is -0.359. The maximum atomic E-state index is 12.7. The molecule has 0 bridgehead atoms. The van der Waals surface area contributed by atoms with E-state index in [2.05, 4.69) is 4.74 Å². The van der Waals surface area contributed by atoms with E-state index in [9.17, 15) is 35.5 Å². The number of carbonyl (C=O) groups excluding carboxylic acids is 1. The average Bonchev–Trinajstić information content (AvgIpc) is 2.25. The van der Waals surface area contributed by atoms with E-state index in [0.29, 0.717) is 6.42 Å². The summed E-state index contributed by atoms with van der Waals surface area (Å²) in [5.74, 6) is -13.0. The van der Waals surface area contributed by atoms with Crippen molar-refractivity contribution in [2.45, 2.75) is 50.6 Å². The highest BCUT2D eigenvalue weighted by atomic mass is 19.4. The number of esters is 1. The summed E-state index contributed by atoms with van der Waals surface area (Å²) in [6.45, 7) is -0.506. The van der Waals surface area contributed by atoms with Crippen LogP contribution in [0.2, 0.25) is 0 Å². The molecule has 0 aliphatic heterocycles. The minimum absolute atomic E-state index is 0.288. The Balaban J connectivity index is 4.42. The molecule has 0 saturated carbocycles. The molecular formula is C10H13F7O2. The minimum atomic E-state index is -6.41. The lowest BCUT2D eigenvalue weighted by Gasteiger charge is -2.27. The van der Waals surface area contributed by atoms with Gasteiger partial charge in [-0.2, -0.15) is 30.7 Å². The average molecular weight is 298 g/mol. The van der Waals surface area contributed by atoms with Crippen LogP contribution in [0.15, 0.2) is 0 Å². The highest BCUT2D eigenvalue weighted by Gasteiger charge is 2.73. The van der Waals surface area contributed by atoms with Crippen LogP contribution in [0.4, 0.5) is 30.7 Å². The number of halogens is 7. The lowest BCUT2D eigenvalue weighted by Crippen LogP contribution is -2.54. The monoisotopic (exact) mass is 298 g/mol. The number of hydrogen-bond acceptors (Lipinski definition) is 2. The van der Waals surface area contributed by atoms with Gasteiger partial charge in [-0.3, -0.25) is 4.79 Å². The molecule has 0 fully saturated rings. The van der Waals surface area contributed by atoms with Crippen molar-refractivity contribution in [2.24, 2.45) is 0 Å². The lowest BCUT2D eigenvalue weighted by atomic mass is 10.1. The first-order chi connectivity index (χ1) is 8.45. The van der Waals surface area contributed by atoms with E-state index in [0.717, 1.165) is 6.42 Å². The summed E-state index contributed by atoms with van der Waals surface area (Å²) in [5.41, 5.74) is 0. The van der Waals surface area contributed by atoms with Crippen LogP contribution in [0.5, 0.6) is 0 Å². The van der Waals surface area contributed by atoms with E-state index in [1.165, 1.54) is 0 Å². The zero-order chi connectivity index (χ0) is 15.3. The molecule has 0 aromatic carbocycles. The third-order valence-electron chi connectivity index (χ3n) is 2.21. The van der Waals surface area contributed by atoms with Gasteiger partial charge in [0, 0.05) is 6.42 Å². The van der Waals surface area contributed by atoms with Gasteiger partial charge in [-0.1, -0.05) is 19.8 Å². The fraction of sp³-hybridized carbons (Fsp3) is 0.900. The predicted octanol–water partition coefficient (Wildman–Crippen LogP) is 3.94. The van der Waals surface area contributed by atoms with Crippen LogP contribution in [0.1, 0.15) is 32.6 Å². The molecule has 2 nitrogen and oxygen atoms in total. The molecule has 0 saturated heterocycles. The van der Waals surface area contributed by atoms with E-state index in [1.807, 2.05) is 0 Å². The number of rotatable bonds is 7. The number of unbranched alkanes of at least 4 members (excludes halogenated alkanes) is 2. The number of carbonyl (C=O) groups is 1. The maximum Gasteiger partial charge on any atom is 0.460 e. The molecule has 0 spiro atoms. The summed E-state index contributed by atoms with van der Waals surface area (Å²) >= 11 is 0. The zero-order valence-electron chi connectivity index (χ0n) is 10.00. The molecule has 114 valence electrons. The van der Waals surface area contributed by atoms with Crippen molar-refractivity contribution in [2.75, 3.05) is 6.61 Å². The Labute approximate surface area is 104 Å². The maximum absolute atomic E-state index is 12.7. The molecular weight excluding hydrogens is 285 g/mol. The Morgan fingerprint density at radius 3 is 1.95 bits per heavy atom. The molecule has 0 atom stereocenters. The highest BCUT2D eigenvalue weighted by molar-refractivity contribution is 5.69. The van der Waals surface area contributed by atoms with E-state index >= 15 is 0 Å². The van der Waals surface area contributed by atoms with Gasteiger partial charge in [0.15, 0.2) is 6.61 Å². The standard InChI is InChI=1S/C10H13F7O2/c1-2-3-4-5-7(18)19-6-8(11,12)9(13,14)10(15,16)17/h2-6H2,1H3. The van der Waals surface area contributed by atoms with Gasteiger partial charge in [-0.05, 0) is 6.42 Å². The molecule has 0 unspecified atom stereocenters. The van der Waals surface area contributed by atoms with E-state index in [-0.39, 0.29) is 12.8 Å². The van der Waals surface area contributed by atoms with Gasteiger partial charge in [0.2, 0.25) is 0 Å². The van der Waals surface area contributed by atoms with Gasteiger partial charge >= 0.3 is 24.0 Å². The third-order valence-corrected chi connectivity index (χ3v) is 2.21. The Morgan fingerprint density at radius 1 is 1.00 bits per heavy atom. The predicted molar refractivity (Wildman–Crippen MR) is 51.1 cm³/mol. The van der Waals surface area contributed by atoms with Crippen molar-refractivity contribution in [1.29, 1.82) is 0 Å². The summed E-state index contributed by atoms with van der Waals surface area (Å²) in [6.07, 6.45) is -5.12. The first-order valence-corrected chi connectivity index (χ1v) is 5.43. The van der Waals surface area contributed by atoms with Crippen LogP contribution >= 0.6 is 0 Å². The molecule has 0 radical (unpaired) electrons. The second-order valence-corrected chi connectivity index (χ2v) is 3.89. The van der Waals surface area contributed by atoms with Gasteiger partial charge < -0.3 is 4.74 Å². The Morgan fingerprint density at radius 2 is 1.53 bits per heavy atom. The van der Waals surface area contributed by atoms with Gasteiger partial charge in [0.05, 0.1) is 0 Å². The van der Waals surface area contributed by atoms with Gasteiger partial charge in [0.25, 0.3) is 0 Å². The van der Waals surface area contributed by atoms with Gasteiger partial charge in [0.1, 0.15) is 0 Å². The SMILES string of the molecule is CCCCCC(=O)OCC(F)(F)C(F)(F)C(F)(F)F. The van der Waals surface area contributed by atoms with Crippen molar-refractivity contribution in [3.05, 3.63) is 0 Å². The van der Waals surface area contributed by atoms with E-state index < -0.39 is 30.6 Å². The van der Waals surface area contributed by atoms with Crippen molar-refractivity contribution < 1.29 is 40.3 Å². The highest BCUT2D eigenvalue weighted by Crippen LogP contribution is 2.46. The Kier molecular flexibility index (Phi) is 6.08. The van der Waals surface area contributed by atoms with Crippen LogP contribution in [-0.4, -0.2) is 30.6 Å². The Hall–Kier alpha value is -1.02. The molecule has 0 aromatic heterocycles. The number of hydrogen-bond donors (Lipinski definition) is 0. The largest absolute Gasteiger partial charge is 0.460 e. The molecule has 0 aromatic rings. The van der Waals surface area contributed by atoms with Crippen LogP contribution in [-0.2, 0) is 9.53 Å². The quantitative estimate of drug-likeness (QED) is 0.404. The molecule has 0 heterocycles. The molecule has 0 aliphatic rings. The number of alkyl halides is 7. The second kappa shape index (κ2) is 6.42. The van der Waals surface area contributed by atoms with Crippen molar-refractivity contribution in [3.8, 4) is 0 Å². The van der Waals surface area contributed by atoms with E-state index in [1.54, 1.807) is 6.92 Å². The molecule has 0 rings (SSSR count). The van der Waals surface area contributed by atoms with Crippen LogP contribution in [0.3, 0.4) is 0 Å². The smallest absolute Gasteiger partial charge is 0.459 e. The normalized spacial score (nSPS) is 13.5. The van der Waals surface area contributed by atoms with Crippen LogP contribution in [0.25, 0.3) is 0 Å². The summed E-state index contributed by atoms with van der Waals surface area (Å²) in [6, 6.07) is 0. The summed E-state index contributed by atoms with van der Waals surface area (Å²) in [4.78, 5) is 10.9. The summed E-state index contributed by atoms with van der Waals surface area (Å²) in [5, 5.41) is 0. The van der Waals surface area contributed by atoms with Crippen LogP contribution < -0.4 is 0 Å². The topological polar surface area (TPSA) is 26.3 Å². The van der Waals surface area contributed by atoms with E-state index in [4.69, 9.17) is 0 Å². The fourth-order valence-corrected chi connectivity index (χ4v) is 1.06. The molecule has 19 heavy (non-hydrogen) atoms. The second-order valence-electron chi connectivity index (χ2n) is 3.89. The molecule has 0 N–H and O–H groups in total. The van der Waals surface area contributed by atoms with Crippen molar-refractivity contribution in [1.82, 2.24) is 0 Å². The first kappa shape index (κ1) is 18.0. The molecule has 9 heteroatoms. The molecule has 0 amide bonds. The third kappa shape index (κ3) is 4.87. The van der Waals surface area contributed by atoms with Crippen molar-refractivity contribution >= 4 is 5.97 Å². The first-order valence-electron chi connectivity index (χ1n) is 5.43. The summed E-state index contributed by atoms with van der Waals surface area (Å²) < 4.78 is 89.2. The molecule has 0 aliphatic carbocycles. The fourth-order valence-electron chi connectivity index (χ4n) is 1.06. The number of ether oxygens (including phenoxy) is 1. The zero-order valence-corrected chi connectivity index (χ0v) is 10.00. The van der Waals surface area contributed by atoms with Gasteiger partial charge in [-0.25, -0.2) is 0 Å². The van der Waals surface area contributed by atoms with Gasteiger partial charge in [-0.15, -0.1) is 0 Å². The van der Waals surface area contributed by atoms with Crippen molar-refractivity contribution in [3.63, 3.8) is 0 Å². The summed E-state index contributed by atoms with van der Waals surface area (Å²) in [7, 11) is 0. The minimum Gasteiger partial charge on any atom is -0.459 e. The van der Waals surface area contributed by atoms with Crippen LogP contribution in [0, 0.1) is 0 Å². The Bertz CT molecular complexity index is 299.